The molecule has 1 aromatic carbocycles. The van der Waals surface area contributed by atoms with Gasteiger partial charge in [0.1, 0.15) is 5.69 Å². The van der Waals surface area contributed by atoms with Gasteiger partial charge in [-0.1, -0.05) is 0 Å². The predicted molar refractivity (Wildman–Crippen MR) is 151 cm³/mol. The number of piperidine rings is 2. The highest BCUT2D eigenvalue weighted by atomic mass is 32.2. The summed E-state index contributed by atoms with van der Waals surface area (Å²) in [7, 11) is -3.68. The second-order valence-electron chi connectivity index (χ2n) is 10.7. The van der Waals surface area contributed by atoms with Gasteiger partial charge in [0, 0.05) is 39.0 Å². The third kappa shape index (κ3) is 6.06. The van der Waals surface area contributed by atoms with Crippen molar-refractivity contribution in [3.05, 3.63) is 30.5 Å². The van der Waals surface area contributed by atoms with E-state index in [9.17, 15) is 8.42 Å². The zero-order chi connectivity index (χ0) is 27.5. The van der Waals surface area contributed by atoms with Crippen molar-refractivity contribution < 1.29 is 22.7 Å². The van der Waals surface area contributed by atoms with Gasteiger partial charge in [0.05, 0.1) is 35.4 Å². The molecule has 2 saturated heterocycles. The van der Waals surface area contributed by atoms with Gasteiger partial charge in [0.25, 0.3) is 5.89 Å². The molecule has 0 spiro atoms. The molecule has 13 heteroatoms. The molecule has 4 aliphatic rings. The average Bonchev–Trinajstić information content (AvgIpc) is 3.46. The molecule has 8 bridgehead atoms. The van der Waals surface area contributed by atoms with E-state index < -0.39 is 16.6 Å². The Kier molecular flexibility index (Phi) is 7.85. The molecule has 0 aliphatic carbocycles. The number of aliphatic hydroxyl groups excluding tert-OH is 1. The minimum Gasteiger partial charge on any atom is -0.415 e. The number of nitrogens with zero attached hydrogens (tertiary/aromatic N) is 6. The first-order valence-electron chi connectivity index (χ1n) is 14.0. The van der Waals surface area contributed by atoms with Gasteiger partial charge in [0.15, 0.2) is 0 Å². The summed E-state index contributed by atoms with van der Waals surface area (Å²) in [5, 5.41) is 17.8. The molecular weight excluding hydrogens is 534 g/mol. The summed E-state index contributed by atoms with van der Waals surface area (Å²) < 4.78 is 39.7. The maximum absolute atomic E-state index is 12.3. The van der Waals surface area contributed by atoms with Crippen LogP contribution in [0.15, 0.2) is 34.9 Å². The fourth-order valence-corrected chi connectivity index (χ4v) is 6.64. The van der Waals surface area contributed by atoms with E-state index in [1.807, 2.05) is 0 Å². The molecule has 2 aromatic heterocycles. The van der Waals surface area contributed by atoms with Gasteiger partial charge in [-0.25, -0.2) is 18.4 Å². The zero-order valence-electron chi connectivity index (χ0n) is 22.4. The number of benzene rings is 1. The lowest BCUT2D eigenvalue weighted by atomic mass is 9.94. The van der Waals surface area contributed by atoms with Gasteiger partial charge in [-0.05, 0) is 68.7 Å². The van der Waals surface area contributed by atoms with Crippen molar-refractivity contribution in [2.24, 2.45) is 5.92 Å². The number of rotatable bonds is 4. The molecule has 4 aliphatic heterocycles. The average molecular weight is 570 g/mol. The summed E-state index contributed by atoms with van der Waals surface area (Å²) in [6, 6.07) is 7.01. The molecular formula is C27H35N7O5S. The SMILES string of the molecule is O=S(=O)(CCO)Nc1ccc2c(c1)N1CCC(CC1)OCCCC1CCCN(C1)c1nccc(n1)-c1nnc-2o1. The second-order valence-corrected chi connectivity index (χ2v) is 12.5. The Balaban J connectivity index is 1.37. The lowest BCUT2D eigenvalue weighted by molar-refractivity contribution is 0.0330. The number of nitrogens with one attached hydrogen (secondary N) is 1. The maximum atomic E-state index is 12.3. The topological polar surface area (TPSA) is 147 Å². The Bertz CT molecular complexity index is 1420. The monoisotopic (exact) mass is 569 g/mol. The van der Waals surface area contributed by atoms with E-state index >= 15 is 0 Å². The quantitative estimate of drug-likeness (QED) is 0.478. The molecule has 7 rings (SSSR count). The highest BCUT2D eigenvalue weighted by Gasteiger charge is 2.27. The van der Waals surface area contributed by atoms with Crippen LogP contribution in [-0.2, 0) is 14.8 Å². The highest BCUT2D eigenvalue weighted by Crippen LogP contribution is 2.36. The van der Waals surface area contributed by atoms with Crippen LogP contribution in [0.1, 0.15) is 38.5 Å². The van der Waals surface area contributed by atoms with Crippen molar-refractivity contribution in [3.63, 3.8) is 0 Å². The van der Waals surface area contributed by atoms with Gasteiger partial charge < -0.3 is 24.1 Å². The Morgan fingerprint density at radius 1 is 1.00 bits per heavy atom. The Hall–Kier alpha value is -3.29. The number of sulfonamides is 1. The minimum atomic E-state index is -3.68. The summed E-state index contributed by atoms with van der Waals surface area (Å²) in [5.74, 6) is 1.50. The van der Waals surface area contributed by atoms with Gasteiger partial charge in [-0.2, -0.15) is 0 Å². The van der Waals surface area contributed by atoms with E-state index in [-0.39, 0.29) is 11.9 Å². The predicted octanol–water partition coefficient (Wildman–Crippen LogP) is 2.92. The number of ether oxygens (including phenoxy) is 1. The van der Waals surface area contributed by atoms with Crippen LogP contribution in [0.3, 0.4) is 0 Å². The van der Waals surface area contributed by atoms with E-state index in [1.165, 1.54) is 6.42 Å². The Labute approximate surface area is 233 Å². The molecule has 2 N–H and O–H groups in total. The van der Waals surface area contributed by atoms with Crippen LogP contribution in [0.2, 0.25) is 0 Å². The molecule has 3 aromatic rings. The van der Waals surface area contributed by atoms with Gasteiger partial charge in [-0.3, -0.25) is 4.72 Å². The van der Waals surface area contributed by atoms with Crippen molar-refractivity contribution >= 4 is 27.3 Å². The van der Waals surface area contributed by atoms with Crippen molar-refractivity contribution in [2.45, 2.75) is 44.6 Å². The second kappa shape index (κ2) is 11.7. The number of fused-ring (bicyclic) bond motifs is 5. The third-order valence-corrected chi connectivity index (χ3v) is 9.11. The number of aliphatic hydroxyl groups is 1. The van der Waals surface area contributed by atoms with Crippen LogP contribution in [-0.4, -0.2) is 84.9 Å². The van der Waals surface area contributed by atoms with Crippen LogP contribution >= 0.6 is 0 Å². The lowest BCUT2D eigenvalue weighted by Gasteiger charge is -2.35. The van der Waals surface area contributed by atoms with Gasteiger partial charge in [-0.15, -0.1) is 10.2 Å². The van der Waals surface area contributed by atoms with Crippen LogP contribution in [0.25, 0.3) is 23.0 Å². The van der Waals surface area contributed by atoms with Crippen molar-refractivity contribution in [1.82, 2.24) is 20.2 Å². The van der Waals surface area contributed by atoms with Crippen molar-refractivity contribution in [1.29, 1.82) is 0 Å². The van der Waals surface area contributed by atoms with Gasteiger partial charge in [0.2, 0.25) is 21.9 Å². The molecule has 214 valence electrons. The number of hydrogen-bond donors (Lipinski definition) is 2. The molecule has 0 radical (unpaired) electrons. The van der Waals surface area contributed by atoms with Crippen LogP contribution in [0, 0.1) is 5.92 Å². The van der Waals surface area contributed by atoms with E-state index in [1.54, 1.807) is 30.5 Å². The molecule has 1 atom stereocenters. The molecule has 2 fully saturated rings. The number of aromatic nitrogens is 4. The fraction of sp³-hybridized carbons (Fsp3) is 0.556. The zero-order valence-corrected chi connectivity index (χ0v) is 23.2. The standard InChI is InChI=1S/C27H35N7O5S/c35-14-16-40(36,37)32-20-5-6-22-24(17-20)33-12-8-21(9-13-33)38-15-2-4-19-3-1-11-34(18-19)27-28-10-7-23(29-27)26-31-30-25(22)39-26/h5-7,10,17,19,21,32,35H,1-4,8-9,11-16,18H2. The minimum absolute atomic E-state index is 0.195. The first kappa shape index (κ1) is 26.9. The largest absolute Gasteiger partial charge is 0.415 e. The van der Waals surface area contributed by atoms with E-state index in [2.05, 4.69) is 29.7 Å². The first-order chi connectivity index (χ1) is 19.5. The molecule has 0 amide bonds. The van der Waals surface area contributed by atoms with Crippen molar-refractivity contribution in [2.75, 3.05) is 59.7 Å². The maximum Gasteiger partial charge on any atom is 0.266 e. The molecule has 1 unspecified atom stereocenters. The van der Waals surface area contributed by atoms with E-state index in [0.29, 0.717) is 40.6 Å². The fourth-order valence-electron chi connectivity index (χ4n) is 5.81. The normalized spacial score (nSPS) is 21.7. The van der Waals surface area contributed by atoms with Crippen LogP contribution < -0.4 is 14.5 Å². The molecule has 40 heavy (non-hydrogen) atoms. The van der Waals surface area contributed by atoms with Crippen LogP contribution in [0.4, 0.5) is 17.3 Å². The van der Waals surface area contributed by atoms with Crippen LogP contribution in [0.5, 0.6) is 0 Å². The molecule has 0 saturated carbocycles. The van der Waals surface area contributed by atoms with E-state index in [4.69, 9.17) is 19.2 Å². The van der Waals surface area contributed by atoms with E-state index in [0.717, 1.165) is 70.6 Å². The number of hydrogen-bond acceptors (Lipinski definition) is 11. The third-order valence-electron chi connectivity index (χ3n) is 7.84. The first-order valence-corrected chi connectivity index (χ1v) is 15.7. The summed E-state index contributed by atoms with van der Waals surface area (Å²) in [6.45, 7) is 3.64. The summed E-state index contributed by atoms with van der Waals surface area (Å²) in [6.07, 6.45) is 8.12. The summed E-state index contributed by atoms with van der Waals surface area (Å²) >= 11 is 0. The highest BCUT2D eigenvalue weighted by molar-refractivity contribution is 7.92. The summed E-state index contributed by atoms with van der Waals surface area (Å²) in [5.41, 5.74) is 2.46. The van der Waals surface area contributed by atoms with Gasteiger partial charge >= 0.3 is 0 Å². The molecule has 6 heterocycles. The smallest absolute Gasteiger partial charge is 0.266 e. The lowest BCUT2D eigenvalue weighted by Crippen LogP contribution is -2.38. The van der Waals surface area contributed by atoms with Crippen molar-refractivity contribution in [3.8, 4) is 23.0 Å². The Morgan fingerprint density at radius 2 is 1.82 bits per heavy atom. The summed E-state index contributed by atoms with van der Waals surface area (Å²) in [4.78, 5) is 13.8. The Morgan fingerprint density at radius 3 is 2.67 bits per heavy atom. The molecule has 12 nitrogen and oxygen atoms in total. The number of anilines is 3.